The second-order valence-corrected chi connectivity index (χ2v) is 4.89. The SMILES string of the molecule is Cc1ccccc1C(C)Nc1c(C)nn(C)c1C. The number of aryl methyl sites for hydroxylation is 3. The van der Waals surface area contributed by atoms with E-state index >= 15 is 0 Å². The molecule has 1 atom stereocenters. The van der Waals surface area contributed by atoms with Crippen LogP contribution in [-0.4, -0.2) is 9.78 Å². The van der Waals surface area contributed by atoms with Gasteiger partial charge in [0.2, 0.25) is 0 Å². The summed E-state index contributed by atoms with van der Waals surface area (Å²) in [6.07, 6.45) is 0. The lowest BCUT2D eigenvalue weighted by molar-refractivity contribution is 0.731. The van der Waals surface area contributed by atoms with Crippen molar-refractivity contribution >= 4 is 5.69 Å². The maximum atomic E-state index is 4.43. The summed E-state index contributed by atoms with van der Waals surface area (Å²) in [7, 11) is 1.98. The third-order valence-electron chi connectivity index (χ3n) is 3.52. The Bertz CT molecular complexity index is 555. The predicted octanol–water partition coefficient (Wildman–Crippen LogP) is 3.52. The standard InChI is InChI=1S/C15H21N3/c1-10-8-6-7-9-14(10)11(2)16-15-12(3)17-18(5)13(15)4/h6-9,11,16H,1-5H3. The first-order valence-corrected chi connectivity index (χ1v) is 6.33. The number of hydrogen-bond acceptors (Lipinski definition) is 2. The number of hydrogen-bond donors (Lipinski definition) is 1. The lowest BCUT2D eigenvalue weighted by atomic mass is 10.0. The Hall–Kier alpha value is -1.77. The molecule has 0 bridgehead atoms. The van der Waals surface area contributed by atoms with Gasteiger partial charge < -0.3 is 5.32 Å². The Balaban J connectivity index is 2.27. The van der Waals surface area contributed by atoms with Gasteiger partial charge in [-0.3, -0.25) is 4.68 Å². The van der Waals surface area contributed by atoms with Crippen LogP contribution in [0.4, 0.5) is 5.69 Å². The Morgan fingerprint density at radius 1 is 1.17 bits per heavy atom. The highest BCUT2D eigenvalue weighted by Crippen LogP contribution is 2.26. The molecule has 3 heteroatoms. The molecule has 3 nitrogen and oxygen atoms in total. The summed E-state index contributed by atoms with van der Waals surface area (Å²) < 4.78 is 1.92. The van der Waals surface area contributed by atoms with E-state index in [9.17, 15) is 0 Å². The van der Waals surface area contributed by atoms with Crippen LogP contribution in [0, 0.1) is 20.8 Å². The van der Waals surface area contributed by atoms with Gasteiger partial charge in [-0.05, 0) is 38.8 Å². The molecule has 0 aliphatic rings. The molecule has 0 fully saturated rings. The topological polar surface area (TPSA) is 29.9 Å². The first-order chi connectivity index (χ1) is 8.50. The van der Waals surface area contributed by atoms with Gasteiger partial charge in [0, 0.05) is 13.1 Å². The molecule has 2 rings (SSSR count). The number of anilines is 1. The summed E-state index contributed by atoms with van der Waals surface area (Å²) >= 11 is 0. The molecule has 1 N–H and O–H groups in total. The molecule has 1 aromatic heterocycles. The van der Waals surface area contributed by atoms with Crippen molar-refractivity contribution in [3.63, 3.8) is 0 Å². The minimum absolute atomic E-state index is 0.285. The highest BCUT2D eigenvalue weighted by molar-refractivity contribution is 5.53. The fourth-order valence-corrected chi connectivity index (χ4v) is 2.35. The summed E-state index contributed by atoms with van der Waals surface area (Å²) in [6.45, 7) is 8.47. The zero-order valence-electron chi connectivity index (χ0n) is 11.8. The number of nitrogens with one attached hydrogen (secondary N) is 1. The molecule has 0 saturated heterocycles. The van der Waals surface area contributed by atoms with Crippen LogP contribution in [0.25, 0.3) is 0 Å². The normalized spacial score (nSPS) is 12.5. The molecule has 96 valence electrons. The van der Waals surface area contributed by atoms with Crippen molar-refractivity contribution in [2.45, 2.75) is 33.7 Å². The van der Waals surface area contributed by atoms with Crippen LogP contribution in [0.1, 0.15) is 35.5 Å². The fourth-order valence-electron chi connectivity index (χ4n) is 2.35. The van der Waals surface area contributed by atoms with Crippen molar-refractivity contribution in [3.8, 4) is 0 Å². The minimum Gasteiger partial charge on any atom is -0.376 e. The van der Waals surface area contributed by atoms with E-state index in [2.05, 4.69) is 55.5 Å². The monoisotopic (exact) mass is 243 g/mol. The zero-order chi connectivity index (χ0) is 13.3. The Morgan fingerprint density at radius 3 is 2.39 bits per heavy atom. The average Bonchev–Trinajstić information content (AvgIpc) is 2.56. The van der Waals surface area contributed by atoms with E-state index < -0.39 is 0 Å². The van der Waals surface area contributed by atoms with Crippen LogP contribution in [0.3, 0.4) is 0 Å². The Kier molecular flexibility index (Phi) is 3.41. The molecule has 1 heterocycles. The van der Waals surface area contributed by atoms with Gasteiger partial charge in [0.1, 0.15) is 0 Å². The third-order valence-corrected chi connectivity index (χ3v) is 3.52. The number of rotatable bonds is 3. The van der Waals surface area contributed by atoms with Crippen molar-refractivity contribution in [2.75, 3.05) is 5.32 Å². The van der Waals surface area contributed by atoms with Crippen molar-refractivity contribution in [3.05, 3.63) is 46.8 Å². The van der Waals surface area contributed by atoms with Crippen LogP contribution < -0.4 is 5.32 Å². The largest absolute Gasteiger partial charge is 0.376 e. The molecular formula is C15H21N3. The highest BCUT2D eigenvalue weighted by Gasteiger charge is 2.13. The fraction of sp³-hybridized carbons (Fsp3) is 0.400. The van der Waals surface area contributed by atoms with Crippen molar-refractivity contribution < 1.29 is 0 Å². The quantitative estimate of drug-likeness (QED) is 0.894. The lowest BCUT2D eigenvalue weighted by Crippen LogP contribution is -2.09. The van der Waals surface area contributed by atoms with Gasteiger partial charge in [-0.1, -0.05) is 24.3 Å². The molecule has 0 spiro atoms. The first-order valence-electron chi connectivity index (χ1n) is 6.33. The first kappa shape index (κ1) is 12.7. The smallest absolute Gasteiger partial charge is 0.0828 e. The van der Waals surface area contributed by atoms with Gasteiger partial charge in [-0.25, -0.2) is 0 Å². The van der Waals surface area contributed by atoms with E-state index in [0.29, 0.717) is 0 Å². The minimum atomic E-state index is 0.285. The molecular weight excluding hydrogens is 222 g/mol. The summed E-state index contributed by atoms with van der Waals surface area (Å²) in [5, 5.41) is 8.01. The van der Waals surface area contributed by atoms with E-state index in [4.69, 9.17) is 0 Å². The van der Waals surface area contributed by atoms with Gasteiger partial charge in [-0.2, -0.15) is 5.10 Å². The summed E-state index contributed by atoms with van der Waals surface area (Å²) in [5.41, 5.74) is 6.02. The maximum absolute atomic E-state index is 4.43. The highest BCUT2D eigenvalue weighted by atomic mass is 15.3. The van der Waals surface area contributed by atoms with Crippen LogP contribution >= 0.6 is 0 Å². The second-order valence-electron chi connectivity index (χ2n) is 4.89. The summed E-state index contributed by atoms with van der Waals surface area (Å²) in [5.74, 6) is 0. The van der Waals surface area contributed by atoms with E-state index in [1.807, 2.05) is 18.7 Å². The lowest BCUT2D eigenvalue weighted by Gasteiger charge is -2.18. The van der Waals surface area contributed by atoms with Crippen LogP contribution in [-0.2, 0) is 7.05 Å². The van der Waals surface area contributed by atoms with Gasteiger partial charge in [-0.15, -0.1) is 0 Å². The van der Waals surface area contributed by atoms with Crippen molar-refractivity contribution in [2.24, 2.45) is 7.05 Å². The molecule has 0 aliphatic heterocycles. The van der Waals surface area contributed by atoms with E-state index in [-0.39, 0.29) is 6.04 Å². The van der Waals surface area contributed by atoms with Gasteiger partial charge in [0.15, 0.2) is 0 Å². The second kappa shape index (κ2) is 4.84. The molecule has 18 heavy (non-hydrogen) atoms. The van der Waals surface area contributed by atoms with Crippen LogP contribution in [0.5, 0.6) is 0 Å². The van der Waals surface area contributed by atoms with Crippen molar-refractivity contribution in [1.29, 1.82) is 0 Å². The van der Waals surface area contributed by atoms with Gasteiger partial charge in [0.05, 0.1) is 17.1 Å². The molecule has 1 aromatic carbocycles. The zero-order valence-corrected chi connectivity index (χ0v) is 11.8. The number of nitrogens with zero attached hydrogens (tertiary/aromatic N) is 2. The van der Waals surface area contributed by atoms with Crippen LogP contribution in [0.15, 0.2) is 24.3 Å². The van der Waals surface area contributed by atoms with Crippen molar-refractivity contribution in [1.82, 2.24) is 9.78 Å². The van der Waals surface area contributed by atoms with Gasteiger partial charge in [0.25, 0.3) is 0 Å². The Labute approximate surface area is 109 Å². The predicted molar refractivity (Wildman–Crippen MR) is 75.9 cm³/mol. The molecule has 0 saturated carbocycles. The molecule has 0 amide bonds. The average molecular weight is 243 g/mol. The summed E-state index contributed by atoms with van der Waals surface area (Å²) in [6, 6.07) is 8.77. The number of aromatic nitrogens is 2. The molecule has 1 unspecified atom stereocenters. The number of benzene rings is 1. The van der Waals surface area contributed by atoms with E-state index in [0.717, 1.165) is 11.4 Å². The summed E-state index contributed by atoms with van der Waals surface area (Å²) in [4.78, 5) is 0. The third kappa shape index (κ3) is 2.26. The van der Waals surface area contributed by atoms with E-state index in [1.54, 1.807) is 0 Å². The maximum Gasteiger partial charge on any atom is 0.0828 e. The van der Waals surface area contributed by atoms with Crippen LogP contribution in [0.2, 0.25) is 0 Å². The van der Waals surface area contributed by atoms with E-state index in [1.165, 1.54) is 16.8 Å². The Morgan fingerprint density at radius 2 is 1.83 bits per heavy atom. The molecule has 0 aliphatic carbocycles. The molecule has 0 radical (unpaired) electrons. The molecule has 2 aromatic rings. The van der Waals surface area contributed by atoms with Gasteiger partial charge >= 0.3 is 0 Å².